The number of thiol groups is 1. The zero-order chi connectivity index (χ0) is 12.1. The van der Waals surface area contributed by atoms with Crippen molar-refractivity contribution >= 4 is 30.2 Å². The topological polar surface area (TPSA) is 57.5 Å². The van der Waals surface area contributed by atoms with E-state index in [-0.39, 0.29) is 0 Å². The molecule has 0 aliphatic rings. The Morgan fingerprint density at radius 3 is 2.75 bits per heavy atom. The van der Waals surface area contributed by atoms with Gasteiger partial charge in [0, 0.05) is 16.3 Å². The maximum Gasteiger partial charge on any atom is 0.337 e. The molecule has 88 valence electrons. The molecule has 0 aliphatic carbocycles. The van der Waals surface area contributed by atoms with Crippen LogP contribution in [0.4, 0.5) is 0 Å². The fourth-order valence-corrected chi connectivity index (χ4v) is 1.94. The molecule has 2 N–H and O–H groups in total. The number of rotatable bonds is 5. The van der Waals surface area contributed by atoms with Crippen LogP contribution in [0.1, 0.15) is 23.7 Å². The van der Waals surface area contributed by atoms with Crippen LogP contribution in [-0.4, -0.2) is 22.1 Å². The summed E-state index contributed by atoms with van der Waals surface area (Å²) < 4.78 is 0. The second kappa shape index (κ2) is 6.13. The Bertz CT molecular complexity index is 381. The summed E-state index contributed by atoms with van der Waals surface area (Å²) in [6, 6.07) is 5.13. The third-order valence-electron chi connectivity index (χ3n) is 2.26. The van der Waals surface area contributed by atoms with Gasteiger partial charge in [-0.05, 0) is 18.4 Å². The highest BCUT2D eigenvalue weighted by molar-refractivity contribution is 7.80. The Balaban J connectivity index is 2.98. The van der Waals surface area contributed by atoms with Crippen molar-refractivity contribution < 1.29 is 15.0 Å². The average Bonchev–Trinajstić information content (AvgIpc) is 2.26. The summed E-state index contributed by atoms with van der Waals surface area (Å²) in [7, 11) is 0. The molecule has 0 saturated carbocycles. The number of aliphatic carboxylic acids is 1. The van der Waals surface area contributed by atoms with Crippen LogP contribution >= 0.6 is 24.2 Å². The van der Waals surface area contributed by atoms with E-state index in [9.17, 15) is 9.90 Å². The minimum Gasteiger partial charge on any atom is -0.479 e. The summed E-state index contributed by atoms with van der Waals surface area (Å²) in [5, 5.41) is 18.2. The number of alkyl halides is 1. The van der Waals surface area contributed by atoms with Gasteiger partial charge < -0.3 is 10.2 Å². The summed E-state index contributed by atoms with van der Waals surface area (Å²) in [6.45, 7) is 0. The molecule has 0 amide bonds. The number of hydrogen-bond donors (Lipinski definition) is 3. The number of aliphatic hydroxyl groups is 1. The lowest BCUT2D eigenvalue weighted by atomic mass is 10.0. The van der Waals surface area contributed by atoms with Gasteiger partial charge in [-0.25, -0.2) is 4.79 Å². The molecule has 1 aromatic rings. The lowest BCUT2D eigenvalue weighted by Crippen LogP contribution is -2.11. The van der Waals surface area contributed by atoms with E-state index in [2.05, 4.69) is 12.6 Å². The Labute approximate surface area is 104 Å². The molecule has 0 bridgehead atoms. The first-order chi connectivity index (χ1) is 7.57. The maximum atomic E-state index is 10.7. The number of carbonyl (C=O) groups is 1. The second-order valence-corrected chi connectivity index (χ2v) is 4.21. The Kier molecular flexibility index (Phi) is 5.12. The second-order valence-electron chi connectivity index (χ2n) is 3.39. The Morgan fingerprint density at radius 2 is 2.19 bits per heavy atom. The molecule has 1 rings (SSSR count). The van der Waals surface area contributed by atoms with Crippen LogP contribution in [0.15, 0.2) is 23.1 Å². The molecule has 1 aromatic carbocycles. The molecular weight excluding hydrogens is 248 g/mol. The predicted molar refractivity (Wildman–Crippen MR) is 65.3 cm³/mol. The van der Waals surface area contributed by atoms with Gasteiger partial charge in [0.1, 0.15) is 0 Å². The van der Waals surface area contributed by atoms with Crippen molar-refractivity contribution in [1.29, 1.82) is 0 Å². The molecular formula is C11H13ClO3S. The summed E-state index contributed by atoms with van der Waals surface area (Å²) >= 11 is 9.84. The molecule has 0 spiro atoms. The van der Waals surface area contributed by atoms with Gasteiger partial charge in [-0.15, -0.1) is 24.2 Å². The van der Waals surface area contributed by atoms with Gasteiger partial charge in [-0.1, -0.05) is 18.2 Å². The van der Waals surface area contributed by atoms with Crippen LogP contribution in [0, 0.1) is 0 Å². The highest BCUT2D eigenvalue weighted by Crippen LogP contribution is 2.26. The number of aryl methyl sites for hydroxylation is 1. The molecule has 0 aromatic heterocycles. The van der Waals surface area contributed by atoms with Crippen molar-refractivity contribution in [2.75, 3.05) is 5.88 Å². The monoisotopic (exact) mass is 260 g/mol. The van der Waals surface area contributed by atoms with Gasteiger partial charge in [0.25, 0.3) is 0 Å². The largest absolute Gasteiger partial charge is 0.479 e. The standard InChI is InChI=1S/C11H13ClO3S/c12-6-2-4-7-3-1-5-8(10(7)16)9(13)11(14)15/h1,3,5,9,13,16H,2,4,6H2,(H,14,15). The first-order valence-corrected chi connectivity index (χ1v) is 5.83. The highest BCUT2D eigenvalue weighted by Gasteiger charge is 2.19. The van der Waals surface area contributed by atoms with E-state index in [4.69, 9.17) is 16.7 Å². The normalized spacial score (nSPS) is 12.4. The maximum absolute atomic E-state index is 10.7. The quantitative estimate of drug-likeness (QED) is 0.562. The smallest absolute Gasteiger partial charge is 0.337 e. The molecule has 16 heavy (non-hydrogen) atoms. The number of hydrogen-bond acceptors (Lipinski definition) is 3. The van der Waals surface area contributed by atoms with Gasteiger partial charge in [-0.2, -0.15) is 0 Å². The molecule has 0 heterocycles. The van der Waals surface area contributed by atoms with E-state index in [1.807, 2.05) is 6.07 Å². The third kappa shape index (κ3) is 3.14. The van der Waals surface area contributed by atoms with Gasteiger partial charge >= 0.3 is 5.97 Å². The predicted octanol–water partition coefficient (Wildman–Crippen LogP) is 2.26. The molecule has 0 saturated heterocycles. The number of halogens is 1. The third-order valence-corrected chi connectivity index (χ3v) is 3.07. The summed E-state index contributed by atoms with van der Waals surface area (Å²) in [6.07, 6.45) is -0.00648. The van der Waals surface area contributed by atoms with Crippen LogP contribution in [-0.2, 0) is 11.2 Å². The first kappa shape index (κ1) is 13.4. The van der Waals surface area contributed by atoms with Gasteiger partial charge in [-0.3, -0.25) is 0 Å². The molecule has 0 radical (unpaired) electrons. The minimum atomic E-state index is -1.52. The zero-order valence-corrected chi connectivity index (χ0v) is 10.2. The van der Waals surface area contributed by atoms with E-state index < -0.39 is 12.1 Å². The van der Waals surface area contributed by atoms with Gasteiger partial charge in [0.15, 0.2) is 6.10 Å². The minimum absolute atomic E-state index is 0.322. The molecule has 3 nitrogen and oxygen atoms in total. The lowest BCUT2D eigenvalue weighted by molar-refractivity contribution is -0.147. The first-order valence-electron chi connectivity index (χ1n) is 4.85. The van der Waals surface area contributed by atoms with E-state index in [0.717, 1.165) is 18.4 Å². The van der Waals surface area contributed by atoms with Crippen LogP contribution in [0.5, 0.6) is 0 Å². The molecule has 1 unspecified atom stereocenters. The zero-order valence-electron chi connectivity index (χ0n) is 8.56. The summed E-state index contributed by atoms with van der Waals surface area (Å²) in [5.41, 5.74) is 1.23. The average molecular weight is 261 g/mol. The molecule has 0 fully saturated rings. The fraction of sp³-hybridized carbons (Fsp3) is 0.364. The Hall–Kier alpha value is -0.710. The van der Waals surface area contributed by atoms with Crippen LogP contribution in [0.3, 0.4) is 0 Å². The number of benzene rings is 1. The van der Waals surface area contributed by atoms with Crippen molar-refractivity contribution in [3.8, 4) is 0 Å². The van der Waals surface area contributed by atoms with Gasteiger partial charge in [0.05, 0.1) is 0 Å². The van der Waals surface area contributed by atoms with E-state index >= 15 is 0 Å². The molecule has 5 heteroatoms. The number of aliphatic hydroxyl groups excluding tert-OH is 1. The highest BCUT2D eigenvalue weighted by atomic mass is 35.5. The van der Waals surface area contributed by atoms with Crippen molar-refractivity contribution in [3.63, 3.8) is 0 Å². The van der Waals surface area contributed by atoms with Gasteiger partial charge in [0.2, 0.25) is 0 Å². The van der Waals surface area contributed by atoms with Crippen molar-refractivity contribution in [2.45, 2.75) is 23.8 Å². The van der Waals surface area contributed by atoms with Crippen LogP contribution in [0.2, 0.25) is 0 Å². The number of carboxylic acids is 1. The lowest BCUT2D eigenvalue weighted by Gasteiger charge is -2.12. The van der Waals surface area contributed by atoms with Crippen molar-refractivity contribution in [3.05, 3.63) is 29.3 Å². The van der Waals surface area contributed by atoms with E-state index in [1.54, 1.807) is 12.1 Å². The summed E-state index contributed by atoms with van der Waals surface area (Å²) in [5.74, 6) is -0.733. The fourth-order valence-electron chi connectivity index (χ4n) is 1.42. The molecule has 1 atom stereocenters. The van der Waals surface area contributed by atoms with E-state index in [1.165, 1.54) is 0 Å². The van der Waals surface area contributed by atoms with E-state index in [0.29, 0.717) is 16.3 Å². The molecule has 0 aliphatic heterocycles. The van der Waals surface area contributed by atoms with Crippen LogP contribution in [0.25, 0.3) is 0 Å². The van der Waals surface area contributed by atoms with Crippen molar-refractivity contribution in [1.82, 2.24) is 0 Å². The van der Waals surface area contributed by atoms with Crippen molar-refractivity contribution in [2.24, 2.45) is 0 Å². The Morgan fingerprint density at radius 1 is 1.50 bits per heavy atom. The summed E-state index contributed by atoms with van der Waals surface area (Å²) in [4.78, 5) is 11.2. The SMILES string of the molecule is O=C(O)C(O)c1cccc(CCCCl)c1S. The van der Waals surface area contributed by atoms with Crippen LogP contribution < -0.4 is 0 Å². The number of carboxylic acid groups (broad SMARTS) is 1.